The summed E-state index contributed by atoms with van der Waals surface area (Å²) in [5.41, 5.74) is 1.20. The second-order valence-electron chi connectivity index (χ2n) is 5.68. The fourth-order valence-corrected chi connectivity index (χ4v) is 2.62. The predicted octanol–water partition coefficient (Wildman–Crippen LogP) is 2.60. The number of benzene rings is 1. The molecule has 0 spiro atoms. The number of amides is 1. The minimum Gasteiger partial charge on any atom is -0.379 e. The fourth-order valence-electron chi connectivity index (χ4n) is 2.62. The third-order valence-electron chi connectivity index (χ3n) is 4.01. The Balaban J connectivity index is 1.55. The van der Waals surface area contributed by atoms with E-state index in [4.69, 9.17) is 4.74 Å². The molecule has 0 unspecified atom stereocenters. The maximum Gasteiger partial charge on any atom is 0.223 e. The molecule has 0 N–H and O–H groups in total. The van der Waals surface area contributed by atoms with Crippen LogP contribution in [-0.4, -0.2) is 30.1 Å². The number of ether oxygens (including phenoxy) is 1. The summed E-state index contributed by atoms with van der Waals surface area (Å²) in [5.74, 6) is 1.06. The lowest BCUT2D eigenvalue weighted by Gasteiger charge is -2.25. The van der Waals surface area contributed by atoms with Crippen LogP contribution in [0.3, 0.4) is 0 Å². The van der Waals surface area contributed by atoms with E-state index in [0.29, 0.717) is 13.0 Å². The molecular formula is C16H21NO2. The Hall–Kier alpha value is -1.35. The Kier molecular flexibility index (Phi) is 3.83. The van der Waals surface area contributed by atoms with Crippen LogP contribution in [0.25, 0.3) is 0 Å². The molecule has 1 aromatic carbocycles. The molecule has 1 amide bonds. The van der Waals surface area contributed by atoms with E-state index in [1.165, 1.54) is 18.4 Å². The van der Waals surface area contributed by atoms with Crippen molar-refractivity contribution in [1.82, 2.24) is 4.90 Å². The van der Waals surface area contributed by atoms with Gasteiger partial charge in [0.1, 0.15) is 0 Å². The Bertz CT molecular complexity index is 428. The van der Waals surface area contributed by atoms with Crippen molar-refractivity contribution in [2.45, 2.75) is 38.3 Å². The van der Waals surface area contributed by atoms with E-state index in [1.54, 1.807) is 0 Å². The standard InChI is InChI=1S/C16H21NO2/c18-16-9-8-15(12-19-11-14-6-7-14)17(16)10-13-4-2-1-3-5-13/h1-5,14-15H,6-12H2/t15-/m0/s1. The van der Waals surface area contributed by atoms with E-state index in [-0.39, 0.29) is 11.9 Å². The van der Waals surface area contributed by atoms with Gasteiger partial charge in [-0.15, -0.1) is 0 Å². The number of hydrogen-bond donors (Lipinski definition) is 0. The molecular weight excluding hydrogens is 238 g/mol. The molecule has 1 atom stereocenters. The van der Waals surface area contributed by atoms with Crippen LogP contribution in [0.1, 0.15) is 31.2 Å². The summed E-state index contributed by atoms with van der Waals surface area (Å²) >= 11 is 0. The van der Waals surface area contributed by atoms with Crippen LogP contribution in [0.15, 0.2) is 30.3 Å². The van der Waals surface area contributed by atoms with E-state index in [9.17, 15) is 4.79 Å². The van der Waals surface area contributed by atoms with Crippen molar-refractivity contribution in [3.8, 4) is 0 Å². The Morgan fingerprint density at radius 3 is 2.63 bits per heavy atom. The lowest BCUT2D eigenvalue weighted by atomic mass is 10.2. The van der Waals surface area contributed by atoms with Crippen LogP contribution in [0, 0.1) is 5.92 Å². The first-order valence-electron chi connectivity index (χ1n) is 7.24. The molecule has 3 rings (SSSR count). The monoisotopic (exact) mass is 259 g/mol. The molecule has 0 aromatic heterocycles. The number of hydrogen-bond acceptors (Lipinski definition) is 2. The highest BCUT2D eigenvalue weighted by atomic mass is 16.5. The van der Waals surface area contributed by atoms with E-state index in [2.05, 4.69) is 12.1 Å². The summed E-state index contributed by atoms with van der Waals surface area (Å²) in [6.45, 7) is 2.30. The first kappa shape index (κ1) is 12.7. The normalized spacial score (nSPS) is 23.1. The smallest absolute Gasteiger partial charge is 0.223 e. The fraction of sp³-hybridized carbons (Fsp3) is 0.562. The summed E-state index contributed by atoms with van der Waals surface area (Å²) in [6, 6.07) is 10.5. The second-order valence-corrected chi connectivity index (χ2v) is 5.68. The van der Waals surface area contributed by atoms with E-state index < -0.39 is 0 Å². The Morgan fingerprint density at radius 1 is 1.11 bits per heavy atom. The van der Waals surface area contributed by atoms with Gasteiger partial charge in [0.15, 0.2) is 0 Å². The SMILES string of the molecule is O=C1CC[C@@H](COCC2CC2)N1Cc1ccccc1. The van der Waals surface area contributed by atoms with Crippen molar-refractivity contribution in [1.29, 1.82) is 0 Å². The topological polar surface area (TPSA) is 29.5 Å². The summed E-state index contributed by atoms with van der Waals surface area (Å²) in [7, 11) is 0. The summed E-state index contributed by atoms with van der Waals surface area (Å²) in [4.78, 5) is 14.0. The molecule has 2 aliphatic rings. The first-order chi connectivity index (χ1) is 9.33. The minimum absolute atomic E-state index is 0.267. The van der Waals surface area contributed by atoms with Gasteiger partial charge < -0.3 is 9.64 Å². The van der Waals surface area contributed by atoms with Crippen LogP contribution in [0.5, 0.6) is 0 Å². The number of rotatable bonds is 6. The molecule has 0 bridgehead atoms. The van der Waals surface area contributed by atoms with Crippen molar-refractivity contribution in [2.75, 3.05) is 13.2 Å². The van der Waals surface area contributed by atoms with E-state index in [0.717, 1.165) is 25.5 Å². The van der Waals surface area contributed by atoms with E-state index in [1.807, 2.05) is 23.1 Å². The van der Waals surface area contributed by atoms with Crippen LogP contribution in [0.2, 0.25) is 0 Å². The molecule has 3 heteroatoms. The first-order valence-corrected chi connectivity index (χ1v) is 7.24. The zero-order valence-corrected chi connectivity index (χ0v) is 11.3. The number of nitrogens with zero attached hydrogens (tertiary/aromatic N) is 1. The third kappa shape index (κ3) is 3.35. The minimum atomic E-state index is 0.267. The zero-order valence-electron chi connectivity index (χ0n) is 11.3. The highest BCUT2D eigenvalue weighted by molar-refractivity contribution is 5.78. The summed E-state index contributed by atoms with van der Waals surface area (Å²) < 4.78 is 5.76. The molecule has 1 aromatic rings. The van der Waals surface area contributed by atoms with Gasteiger partial charge in [0.2, 0.25) is 5.91 Å². The average Bonchev–Trinajstić information content (AvgIpc) is 3.19. The largest absolute Gasteiger partial charge is 0.379 e. The maximum atomic E-state index is 12.0. The van der Waals surface area contributed by atoms with Crippen molar-refractivity contribution in [3.05, 3.63) is 35.9 Å². The van der Waals surface area contributed by atoms with E-state index >= 15 is 0 Å². The second kappa shape index (κ2) is 5.74. The molecule has 1 aliphatic heterocycles. The molecule has 3 nitrogen and oxygen atoms in total. The lowest BCUT2D eigenvalue weighted by molar-refractivity contribution is -0.130. The number of carbonyl (C=O) groups is 1. The molecule has 19 heavy (non-hydrogen) atoms. The highest BCUT2D eigenvalue weighted by Gasteiger charge is 2.31. The zero-order chi connectivity index (χ0) is 13.1. The van der Waals surface area contributed by atoms with Gasteiger partial charge in [0, 0.05) is 19.6 Å². The molecule has 1 saturated heterocycles. The van der Waals surface area contributed by atoms with Gasteiger partial charge >= 0.3 is 0 Å². The van der Waals surface area contributed by atoms with Crippen LogP contribution in [0.4, 0.5) is 0 Å². The summed E-state index contributed by atoms with van der Waals surface area (Å²) in [5, 5.41) is 0. The van der Waals surface area contributed by atoms with Crippen molar-refractivity contribution in [2.24, 2.45) is 5.92 Å². The Morgan fingerprint density at radius 2 is 1.89 bits per heavy atom. The number of carbonyl (C=O) groups excluding carboxylic acids is 1. The van der Waals surface area contributed by atoms with Gasteiger partial charge in [-0.3, -0.25) is 4.79 Å². The van der Waals surface area contributed by atoms with Crippen LogP contribution >= 0.6 is 0 Å². The van der Waals surface area contributed by atoms with Crippen molar-refractivity contribution < 1.29 is 9.53 Å². The number of likely N-dealkylation sites (tertiary alicyclic amines) is 1. The summed E-state index contributed by atoms with van der Waals surface area (Å²) in [6.07, 6.45) is 4.25. The Labute approximate surface area is 114 Å². The van der Waals surface area contributed by atoms with Gasteiger partial charge in [0.05, 0.1) is 12.6 Å². The average molecular weight is 259 g/mol. The van der Waals surface area contributed by atoms with Gasteiger partial charge in [-0.25, -0.2) is 0 Å². The molecule has 0 radical (unpaired) electrons. The third-order valence-corrected chi connectivity index (χ3v) is 4.01. The van der Waals surface area contributed by atoms with Gasteiger partial charge in [-0.05, 0) is 30.7 Å². The van der Waals surface area contributed by atoms with Crippen LogP contribution in [-0.2, 0) is 16.1 Å². The quantitative estimate of drug-likeness (QED) is 0.786. The van der Waals surface area contributed by atoms with Crippen molar-refractivity contribution >= 4 is 5.91 Å². The van der Waals surface area contributed by atoms with Crippen molar-refractivity contribution in [3.63, 3.8) is 0 Å². The molecule has 1 saturated carbocycles. The maximum absolute atomic E-state index is 12.0. The van der Waals surface area contributed by atoms with Gasteiger partial charge in [-0.1, -0.05) is 30.3 Å². The molecule has 2 fully saturated rings. The van der Waals surface area contributed by atoms with Gasteiger partial charge in [-0.2, -0.15) is 0 Å². The molecule has 102 valence electrons. The lowest BCUT2D eigenvalue weighted by Crippen LogP contribution is -2.35. The van der Waals surface area contributed by atoms with Gasteiger partial charge in [0.25, 0.3) is 0 Å². The molecule has 1 heterocycles. The predicted molar refractivity (Wildman–Crippen MR) is 73.6 cm³/mol. The highest BCUT2D eigenvalue weighted by Crippen LogP contribution is 2.29. The van der Waals surface area contributed by atoms with Crippen LogP contribution < -0.4 is 0 Å². The molecule has 1 aliphatic carbocycles.